The highest BCUT2D eigenvalue weighted by Gasteiger charge is 2.54. The maximum absolute atomic E-state index is 13.5. The van der Waals surface area contributed by atoms with Crippen molar-refractivity contribution >= 4 is 23.5 Å². The minimum atomic E-state index is -0.676. The zero-order valence-corrected chi connectivity index (χ0v) is 18.3. The van der Waals surface area contributed by atoms with E-state index >= 15 is 0 Å². The van der Waals surface area contributed by atoms with Gasteiger partial charge in [-0.2, -0.15) is 0 Å². The van der Waals surface area contributed by atoms with Crippen molar-refractivity contribution in [1.29, 1.82) is 0 Å². The average molecular weight is 457 g/mol. The molecule has 2 fully saturated rings. The second-order valence-corrected chi connectivity index (χ2v) is 8.16. The lowest BCUT2D eigenvalue weighted by Gasteiger charge is -2.43. The van der Waals surface area contributed by atoms with Gasteiger partial charge in [-0.05, 0) is 42.8 Å². The molecule has 174 valence electrons. The Kier molecular flexibility index (Phi) is 6.39. The molecular weight excluding hydrogens is 432 g/mol. The zero-order chi connectivity index (χ0) is 23.7. The summed E-state index contributed by atoms with van der Waals surface area (Å²) in [6.07, 6.45) is 0. The fourth-order valence-corrected chi connectivity index (χ4v) is 4.43. The topological polar surface area (TPSA) is 85.0 Å². The lowest BCUT2D eigenvalue weighted by atomic mass is 9.97. The van der Waals surface area contributed by atoms with Crippen molar-refractivity contribution in [2.24, 2.45) is 0 Å². The first kappa shape index (κ1) is 22.8. The van der Waals surface area contributed by atoms with E-state index < -0.39 is 35.7 Å². The number of fused-ring (bicyclic) bond motifs is 1. The molecule has 33 heavy (non-hydrogen) atoms. The molecule has 0 bridgehead atoms. The number of nitrogens with one attached hydrogen (secondary N) is 2. The third kappa shape index (κ3) is 4.57. The summed E-state index contributed by atoms with van der Waals surface area (Å²) < 4.78 is 26.8. The highest BCUT2D eigenvalue weighted by Crippen LogP contribution is 2.29. The number of imide groups is 1. The number of rotatable bonds is 6. The second kappa shape index (κ2) is 9.24. The van der Waals surface area contributed by atoms with Gasteiger partial charge in [0.2, 0.25) is 5.91 Å². The van der Waals surface area contributed by atoms with Crippen molar-refractivity contribution in [3.63, 3.8) is 0 Å². The summed E-state index contributed by atoms with van der Waals surface area (Å²) in [6, 6.07) is 8.90. The molecule has 4 rings (SSSR count). The van der Waals surface area contributed by atoms with Gasteiger partial charge in [0.15, 0.2) is 0 Å². The van der Waals surface area contributed by atoms with E-state index in [4.69, 9.17) is 0 Å². The highest BCUT2D eigenvalue weighted by molar-refractivity contribution is 6.03. The van der Waals surface area contributed by atoms with E-state index in [1.807, 2.05) is 13.8 Å². The number of benzene rings is 2. The molecule has 0 aromatic heterocycles. The van der Waals surface area contributed by atoms with Gasteiger partial charge in [-0.3, -0.25) is 14.5 Å². The summed E-state index contributed by atoms with van der Waals surface area (Å²) in [4.78, 5) is 42.0. The molecule has 8 nitrogen and oxygen atoms in total. The number of hydrazine groups is 1. The van der Waals surface area contributed by atoms with Crippen LogP contribution in [0.15, 0.2) is 48.5 Å². The molecule has 4 amide bonds. The van der Waals surface area contributed by atoms with Crippen molar-refractivity contribution in [3.05, 3.63) is 65.7 Å². The number of likely N-dealkylation sites (N-methyl/N-ethyl adjacent to an activating group) is 1. The fourth-order valence-electron chi connectivity index (χ4n) is 4.43. The monoisotopic (exact) mass is 457 g/mol. The van der Waals surface area contributed by atoms with E-state index in [-0.39, 0.29) is 30.7 Å². The van der Waals surface area contributed by atoms with E-state index in [9.17, 15) is 23.2 Å². The third-order valence-electron chi connectivity index (χ3n) is 5.91. The Morgan fingerprint density at radius 3 is 2.48 bits per heavy atom. The van der Waals surface area contributed by atoms with Crippen LogP contribution in [-0.2, 0) is 16.1 Å². The van der Waals surface area contributed by atoms with Crippen molar-refractivity contribution in [2.45, 2.75) is 38.5 Å². The molecule has 0 saturated carbocycles. The van der Waals surface area contributed by atoms with Crippen LogP contribution in [0.25, 0.3) is 0 Å². The third-order valence-corrected chi connectivity index (χ3v) is 5.91. The molecule has 2 saturated heterocycles. The van der Waals surface area contributed by atoms with Crippen molar-refractivity contribution in [2.75, 3.05) is 18.4 Å². The standard InChI is InChI=1S/C23H25F2N5O3/c1-3-30-21-20(14(2)27-30)28(13-19(31)26-18-6-4-5-17(25)11-18)23(33)29(22(21)32)12-15-7-9-16(24)10-8-15/h4-11,14,20-21,27H,3,12-13H2,1-2H3,(H,26,31). The lowest BCUT2D eigenvalue weighted by Crippen LogP contribution is -2.67. The number of amides is 4. The van der Waals surface area contributed by atoms with Gasteiger partial charge in [0.1, 0.15) is 24.2 Å². The van der Waals surface area contributed by atoms with Crippen LogP contribution in [-0.4, -0.2) is 63.9 Å². The number of nitrogens with zero attached hydrogens (tertiary/aromatic N) is 3. The summed E-state index contributed by atoms with van der Waals surface area (Å²) in [5, 5.41) is 4.36. The Balaban J connectivity index is 1.60. The summed E-state index contributed by atoms with van der Waals surface area (Å²) >= 11 is 0. The molecule has 2 N–H and O–H groups in total. The number of anilines is 1. The number of urea groups is 1. The number of halogens is 2. The molecule has 2 heterocycles. The number of carbonyl (C=O) groups excluding carboxylic acids is 3. The maximum Gasteiger partial charge on any atom is 0.327 e. The Morgan fingerprint density at radius 2 is 1.82 bits per heavy atom. The van der Waals surface area contributed by atoms with Gasteiger partial charge >= 0.3 is 6.03 Å². The molecule has 0 aliphatic carbocycles. The van der Waals surface area contributed by atoms with E-state index in [1.165, 1.54) is 47.4 Å². The summed E-state index contributed by atoms with van der Waals surface area (Å²) in [5.41, 5.74) is 4.07. The van der Waals surface area contributed by atoms with Crippen LogP contribution in [0, 0.1) is 11.6 Å². The number of carbonyl (C=O) groups is 3. The SMILES string of the molecule is CCN1NC(C)C2C1C(=O)N(Cc1ccc(F)cc1)C(=O)N2CC(=O)Nc1cccc(F)c1. The van der Waals surface area contributed by atoms with Crippen LogP contribution < -0.4 is 10.7 Å². The van der Waals surface area contributed by atoms with Crippen LogP contribution in [0.3, 0.4) is 0 Å². The minimum absolute atomic E-state index is 0.0465. The quantitative estimate of drug-likeness (QED) is 0.696. The second-order valence-electron chi connectivity index (χ2n) is 8.16. The first-order chi connectivity index (χ1) is 15.8. The van der Waals surface area contributed by atoms with Crippen LogP contribution in [0.2, 0.25) is 0 Å². The molecule has 2 aliphatic heterocycles. The predicted octanol–water partition coefficient (Wildman–Crippen LogP) is 2.33. The molecule has 2 aromatic carbocycles. The highest BCUT2D eigenvalue weighted by atomic mass is 19.1. The molecule has 2 aliphatic rings. The Morgan fingerprint density at radius 1 is 1.09 bits per heavy atom. The van der Waals surface area contributed by atoms with Gasteiger partial charge < -0.3 is 10.2 Å². The van der Waals surface area contributed by atoms with Crippen LogP contribution >= 0.6 is 0 Å². The van der Waals surface area contributed by atoms with Gasteiger partial charge in [-0.25, -0.2) is 24.0 Å². The molecule has 3 atom stereocenters. The number of hydrogen-bond acceptors (Lipinski definition) is 5. The normalized spacial score (nSPS) is 23.1. The summed E-state index contributed by atoms with van der Waals surface area (Å²) in [7, 11) is 0. The van der Waals surface area contributed by atoms with Crippen LogP contribution in [0.5, 0.6) is 0 Å². The molecule has 2 aromatic rings. The van der Waals surface area contributed by atoms with Gasteiger partial charge in [0.05, 0.1) is 12.6 Å². The fraction of sp³-hybridized carbons (Fsp3) is 0.348. The Bertz CT molecular complexity index is 1060. The minimum Gasteiger partial charge on any atom is -0.324 e. The average Bonchev–Trinajstić information content (AvgIpc) is 3.12. The maximum atomic E-state index is 13.5. The number of hydrogen-bond donors (Lipinski definition) is 2. The van der Waals surface area contributed by atoms with E-state index in [1.54, 1.807) is 11.1 Å². The summed E-state index contributed by atoms with van der Waals surface area (Å²) in [6.45, 7) is 3.89. The van der Waals surface area contributed by atoms with E-state index in [2.05, 4.69) is 10.7 Å². The van der Waals surface area contributed by atoms with Crippen molar-refractivity contribution in [3.8, 4) is 0 Å². The predicted molar refractivity (Wildman–Crippen MR) is 117 cm³/mol. The molecular formula is C23H25F2N5O3. The Hall–Kier alpha value is -3.37. The largest absolute Gasteiger partial charge is 0.327 e. The smallest absolute Gasteiger partial charge is 0.324 e. The first-order valence-electron chi connectivity index (χ1n) is 10.7. The molecule has 0 radical (unpaired) electrons. The molecule has 0 spiro atoms. The van der Waals surface area contributed by atoms with Crippen molar-refractivity contribution < 1.29 is 23.2 Å². The zero-order valence-electron chi connectivity index (χ0n) is 18.3. The van der Waals surface area contributed by atoms with Crippen molar-refractivity contribution in [1.82, 2.24) is 20.2 Å². The van der Waals surface area contributed by atoms with Crippen LogP contribution in [0.1, 0.15) is 19.4 Å². The Labute approximate surface area is 190 Å². The van der Waals surface area contributed by atoms with Crippen LogP contribution in [0.4, 0.5) is 19.3 Å². The van der Waals surface area contributed by atoms with Gasteiger partial charge in [0.25, 0.3) is 5.91 Å². The molecule has 3 unspecified atom stereocenters. The van der Waals surface area contributed by atoms with E-state index in [0.717, 1.165) is 4.90 Å². The first-order valence-corrected chi connectivity index (χ1v) is 10.7. The molecule has 10 heteroatoms. The van der Waals surface area contributed by atoms with Gasteiger partial charge in [0, 0.05) is 18.3 Å². The van der Waals surface area contributed by atoms with E-state index in [0.29, 0.717) is 12.1 Å². The van der Waals surface area contributed by atoms with Gasteiger partial charge in [-0.15, -0.1) is 0 Å². The van der Waals surface area contributed by atoms with Gasteiger partial charge in [-0.1, -0.05) is 25.1 Å². The summed E-state index contributed by atoms with van der Waals surface area (Å²) in [5.74, 6) is -1.80. The lowest BCUT2D eigenvalue weighted by molar-refractivity contribution is -0.140.